The Labute approximate surface area is 104 Å². The fraction of sp³-hybridized carbons (Fsp3) is 1.00. The molecule has 2 aliphatic rings. The molecule has 17 heavy (non-hydrogen) atoms. The first-order valence-electron chi connectivity index (χ1n) is 6.75. The van der Waals surface area contributed by atoms with E-state index in [2.05, 4.69) is 17.6 Å². The third-order valence-corrected chi connectivity index (χ3v) is 5.59. The predicted octanol–water partition coefficient (Wildman–Crippen LogP) is 0.684. The normalized spacial score (nSPS) is 31.5. The minimum absolute atomic E-state index is 0.360. The topological polar surface area (TPSA) is 58.2 Å². The Bertz CT molecular complexity index is 322. The Morgan fingerprint density at radius 2 is 2.00 bits per heavy atom. The van der Waals surface area contributed by atoms with Gasteiger partial charge in [-0.1, -0.05) is 0 Å². The lowest BCUT2D eigenvalue weighted by molar-refractivity contribution is 0.372. The van der Waals surface area contributed by atoms with E-state index in [1.807, 2.05) is 0 Å². The molecule has 2 heterocycles. The van der Waals surface area contributed by atoms with Crippen molar-refractivity contribution in [2.45, 2.75) is 57.2 Å². The molecule has 5 heteroatoms. The molecular formula is C12H24N2O2S. The Morgan fingerprint density at radius 3 is 2.59 bits per heavy atom. The lowest BCUT2D eigenvalue weighted by Crippen LogP contribution is -2.44. The van der Waals surface area contributed by atoms with Gasteiger partial charge in [0, 0.05) is 18.1 Å². The van der Waals surface area contributed by atoms with Crippen LogP contribution in [0.25, 0.3) is 0 Å². The first kappa shape index (κ1) is 13.3. The van der Waals surface area contributed by atoms with Crippen molar-refractivity contribution in [3.05, 3.63) is 0 Å². The quantitative estimate of drug-likeness (QED) is 0.780. The summed E-state index contributed by atoms with van der Waals surface area (Å²) in [6, 6.07) is 1.54. The van der Waals surface area contributed by atoms with Gasteiger partial charge in [-0.2, -0.15) is 0 Å². The number of nitrogens with one attached hydrogen (secondary N) is 2. The third kappa shape index (κ3) is 4.23. The maximum atomic E-state index is 11.3. The summed E-state index contributed by atoms with van der Waals surface area (Å²) in [5, 5.41) is 7.08. The molecule has 0 aromatic heterocycles. The zero-order chi connectivity index (χ0) is 12.3. The summed E-state index contributed by atoms with van der Waals surface area (Å²) in [4.78, 5) is 0. The molecule has 4 nitrogen and oxygen atoms in total. The fourth-order valence-corrected chi connectivity index (χ4v) is 4.40. The molecule has 0 spiro atoms. The van der Waals surface area contributed by atoms with Gasteiger partial charge >= 0.3 is 0 Å². The van der Waals surface area contributed by atoms with E-state index >= 15 is 0 Å². The van der Waals surface area contributed by atoms with E-state index in [9.17, 15) is 8.42 Å². The summed E-state index contributed by atoms with van der Waals surface area (Å²) >= 11 is 0. The van der Waals surface area contributed by atoms with Crippen LogP contribution in [-0.4, -0.2) is 44.6 Å². The second-order valence-electron chi connectivity index (χ2n) is 5.52. The van der Waals surface area contributed by atoms with Crippen LogP contribution in [0.1, 0.15) is 39.0 Å². The Hall–Kier alpha value is -0.130. The molecule has 0 aliphatic carbocycles. The zero-order valence-electron chi connectivity index (χ0n) is 10.6. The summed E-state index contributed by atoms with van der Waals surface area (Å²) in [6.07, 6.45) is 5.29. The van der Waals surface area contributed by atoms with Gasteiger partial charge in [-0.25, -0.2) is 8.42 Å². The van der Waals surface area contributed by atoms with Crippen LogP contribution in [0.2, 0.25) is 0 Å². The van der Waals surface area contributed by atoms with Crippen LogP contribution < -0.4 is 10.6 Å². The van der Waals surface area contributed by atoms with E-state index < -0.39 is 9.84 Å². The molecule has 0 amide bonds. The van der Waals surface area contributed by atoms with Gasteiger partial charge in [0.2, 0.25) is 0 Å². The molecule has 0 aromatic rings. The minimum Gasteiger partial charge on any atom is -0.314 e. The van der Waals surface area contributed by atoms with E-state index in [-0.39, 0.29) is 0 Å². The summed E-state index contributed by atoms with van der Waals surface area (Å²) in [7, 11) is -2.73. The highest BCUT2D eigenvalue weighted by atomic mass is 32.2. The molecule has 2 rings (SSSR count). The standard InChI is InChI=1S/C12H24N2O2S/c1-10(9-12-3-2-6-13-12)14-11-4-7-17(15,16)8-5-11/h10-14H,2-9H2,1H3. The Kier molecular flexibility index (Phi) is 4.44. The van der Waals surface area contributed by atoms with E-state index in [4.69, 9.17) is 0 Å². The van der Waals surface area contributed by atoms with Crippen LogP contribution in [0.5, 0.6) is 0 Å². The molecule has 2 atom stereocenters. The molecule has 2 N–H and O–H groups in total. The maximum absolute atomic E-state index is 11.3. The summed E-state index contributed by atoms with van der Waals surface area (Å²) < 4.78 is 22.6. The van der Waals surface area contributed by atoms with Gasteiger partial charge in [0.05, 0.1) is 11.5 Å². The highest BCUT2D eigenvalue weighted by molar-refractivity contribution is 7.91. The van der Waals surface area contributed by atoms with Gasteiger partial charge in [-0.05, 0) is 45.6 Å². The monoisotopic (exact) mass is 260 g/mol. The smallest absolute Gasteiger partial charge is 0.150 e. The van der Waals surface area contributed by atoms with Crippen LogP contribution in [-0.2, 0) is 9.84 Å². The van der Waals surface area contributed by atoms with Crippen molar-refractivity contribution in [1.82, 2.24) is 10.6 Å². The van der Waals surface area contributed by atoms with Gasteiger partial charge in [-0.15, -0.1) is 0 Å². The second kappa shape index (κ2) is 5.67. The van der Waals surface area contributed by atoms with Crippen LogP contribution in [0, 0.1) is 0 Å². The summed E-state index contributed by atoms with van der Waals surface area (Å²) in [5.41, 5.74) is 0. The lowest BCUT2D eigenvalue weighted by Gasteiger charge is -2.28. The maximum Gasteiger partial charge on any atom is 0.150 e. The number of hydrogen-bond donors (Lipinski definition) is 2. The van der Waals surface area contributed by atoms with Crippen molar-refractivity contribution in [1.29, 1.82) is 0 Å². The van der Waals surface area contributed by atoms with Crippen molar-refractivity contribution in [2.75, 3.05) is 18.1 Å². The van der Waals surface area contributed by atoms with Crippen molar-refractivity contribution in [3.8, 4) is 0 Å². The second-order valence-corrected chi connectivity index (χ2v) is 7.83. The van der Waals surface area contributed by atoms with Gasteiger partial charge < -0.3 is 10.6 Å². The van der Waals surface area contributed by atoms with Gasteiger partial charge in [-0.3, -0.25) is 0 Å². The minimum atomic E-state index is -2.73. The lowest BCUT2D eigenvalue weighted by atomic mass is 10.0. The first-order valence-corrected chi connectivity index (χ1v) is 8.57. The zero-order valence-corrected chi connectivity index (χ0v) is 11.4. The van der Waals surface area contributed by atoms with Gasteiger partial charge in [0.1, 0.15) is 9.84 Å². The van der Waals surface area contributed by atoms with E-state index in [1.165, 1.54) is 12.8 Å². The van der Waals surface area contributed by atoms with Crippen molar-refractivity contribution < 1.29 is 8.42 Å². The Morgan fingerprint density at radius 1 is 1.29 bits per heavy atom. The average molecular weight is 260 g/mol. The third-order valence-electron chi connectivity index (χ3n) is 3.88. The first-order chi connectivity index (χ1) is 8.05. The van der Waals surface area contributed by atoms with Crippen molar-refractivity contribution >= 4 is 9.84 Å². The molecule has 0 saturated carbocycles. The highest BCUT2D eigenvalue weighted by Crippen LogP contribution is 2.15. The molecule has 0 bridgehead atoms. The number of rotatable bonds is 4. The predicted molar refractivity (Wildman–Crippen MR) is 69.9 cm³/mol. The van der Waals surface area contributed by atoms with E-state index in [0.29, 0.717) is 29.6 Å². The van der Waals surface area contributed by atoms with Crippen LogP contribution in [0.3, 0.4) is 0 Å². The van der Waals surface area contributed by atoms with Gasteiger partial charge in [0.25, 0.3) is 0 Å². The van der Waals surface area contributed by atoms with Gasteiger partial charge in [0.15, 0.2) is 0 Å². The molecule has 2 unspecified atom stereocenters. The highest BCUT2D eigenvalue weighted by Gasteiger charge is 2.25. The number of sulfone groups is 1. The Balaban J connectivity index is 1.70. The largest absolute Gasteiger partial charge is 0.314 e. The van der Waals surface area contributed by atoms with Crippen LogP contribution in [0.15, 0.2) is 0 Å². The average Bonchev–Trinajstić information content (AvgIpc) is 2.74. The molecule has 2 fully saturated rings. The fourth-order valence-electron chi connectivity index (χ4n) is 2.91. The summed E-state index contributed by atoms with van der Waals surface area (Å²) in [5.74, 6) is 0.720. The van der Waals surface area contributed by atoms with E-state index in [1.54, 1.807) is 0 Å². The number of hydrogen-bond acceptors (Lipinski definition) is 4. The molecule has 100 valence electrons. The molecule has 0 aromatic carbocycles. The SMILES string of the molecule is CC(CC1CCCN1)NC1CCS(=O)(=O)CC1. The van der Waals surface area contributed by atoms with Crippen LogP contribution >= 0.6 is 0 Å². The molecular weight excluding hydrogens is 236 g/mol. The molecule has 2 saturated heterocycles. The molecule has 2 aliphatic heterocycles. The molecule has 0 radical (unpaired) electrons. The van der Waals surface area contributed by atoms with Crippen molar-refractivity contribution in [2.24, 2.45) is 0 Å². The summed E-state index contributed by atoms with van der Waals surface area (Å²) in [6.45, 7) is 3.36. The van der Waals surface area contributed by atoms with Crippen LogP contribution in [0.4, 0.5) is 0 Å². The van der Waals surface area contributed by atoms with Crippen molar-refractivity contribution in [3.63, 3.8) is 0 Å². The van der Waals surface area contributed by atoms with E-state index in [0.717, 1.165) is 25.8 Å².